The fourth-order valence-corrected chi connectivity index (χ4v) is 2.71. The molecule has 126 valence electrons. The van der Waals surface area contributed by atoms with Gasteiger partial charge in [0.25, 0.3) is 5.91 Å². The summed E-state index contributed by atoms with van der Waals surface area (Å²) in [6.45, 7) is 4.72. The van der Waals surface area contributed by atoms with Crippen molar-refractivity contribution in [1.82, 2.24) is 4.90 Å². The maximum absolute atomic E-state index is 12.7. The molecule has 1 saturated heterocycles. The van der Waals surface area contributed by atoms with Gasteiger partial charge in [0.15, 0.2) is 0 Å². The van der Waals surface area contributed by atoms with Crippen molar-refractivity contribution < 1.29 is 19.4 Å². The van der Waals surface area contributed by atoms with Crippen molar-refractivity contribution in [2.45, 2.75) is 19.8 Å². The molecule has 6 heteroatoms. The van der Waals surface area contributed by atoms with Crippen LogP contribution < -0.4 is 5.32 Å². The Hall–Kier alpha value is -2.08. The molecule has 0 saturated carbocycles. The van der Waals surface area contributed by atoms with E-state index in [9.17, 15) is 9.59 Å². The third-order valence-electron chi connectivity index (χ3n) is 3.86. The van der Waals surface area contributed by atoms with Gasteiger partial charge in [-0.2, -0.15) is 0 Å². The number of amides is 1. The SMILES string of the molecule is CCCOC[C@@H]1CCN(C(=O)c2ccccc2NCC(=O)O)C1. The number of para-hydroxylation sites is 1. The second kappa shape index (κ2) is 8.53. The smallest absolute Gasteiger partial charge is 0.322 e. The van der Waals surface area contributed by atoms with E-state index in [4.69, 9.17) is 9.84 Å². The van der Waals surface area contributed by atoms with Crippen LogP contribution in [-0.4, -0.2) is 54.7 Å². The van der Waals surface area contributed by atoms with E-state index in [-0.39, 0.29) is 12.5 Å². The molecule has 0 unspecified atom stereocenters. The van der Waals surface area contributed by atoms with Gasteiger partial charge in [-0.25, -0.2) is 0 Å². The van der Waals surface area contributed by atoms with Crippen LogP contribution in [0.25, 0.3) is 0 Å². The molecule has 0 aliphatic carbocycles. The molecule has 1 aromatic rings. The molecular formula is C17H24N2O4. The molecule has 1 aromatic carbocycles. The van der Waals surface area contributed by atoms with Crippen LogP contribution in [0.5, 0.6) is 0 Å². The first-order valence-electron chi connectivity index (χ1n) is 8.03. The number of nitrogens with one attached hydrogen (secondary N) is 1. The monoisotopic (exact) mass is 320 g/mol. The zero-order valence-corrected chi connectivity index (χ0v) is 13.5. The average Bonchev–Trinajstić information content (AvgIpc) is 3.01. The standard InChI is InChI=1S/C17H24N2O4/c1-2-9-23-12-13-7-8-19(11-13)17(22)14-5-3-4-6-15(14)18-10-16(20)21/h3-6,13,18H,2,7-12H2,1H3,(H,20,21)/t13-/m1/s1. The fourth-order valence-electron chi connectivity index (χ4n) is 2.71. The molecule has 0 bridgehead atoms. The first-order valence-corrected chi connectivity index (χ1v) is 8.03. The van der Waals surface area contributed by atoms with Crippen LogP contribution in [0.1, 0.15) is 30.1 Å². The molecule has 2 N–H and O–H groups in total. The molecule has 1 heterocycles. The summed E-state index contributed by atoms with van der Waals surface area (Å²) in [5.74, 6) is -0.636. The Kier molecular flexibility index (Phi) is 6.40. The predicted octanol–water partition coefficient (Wildman–Crippen LogP) is 2.07. The number of likely N-dealkylation sites (tertiary alicyclic amines) is 1. The lowest BCUT2D eigenvalue weighted by Gasteiger charge is -2.19. The van der Waals surface area contributed by atoms with Crippen LogP contribution in [0.2, 0.25) is 0 Å². The van der Waals surface area contributed by atoms with Gasteiger partial charge in [0.2, 0.25) is 0 Å². The highest BCUT2D eigenvalue weighted by Gasteiger charge is 2.28. The molecule has 0 radical (unpaired) electrons. The van der Waals surface area contributed by atoms with Gasteiger partial charge in [0, 0.05) is 31.3 Å². The van der Waals surface area contributed by atoms with Crippen LogP contribution in [0.15, 0.2) is 24.3 Å². The third-order valence-corrected chi connectivity index (χ3v) is 3.86. The van der Waals surface area contributed by atoms with Crippen molar-refractivity contribution in [2.75, 3.05) is 38.2 Å². The van der Waals surface area contributed by atoms with Gasteiger partial charge in [-0.15, -0.1) is 0 Å². The predicted molar refractivity (Wildman–Crippen MR) is 87.7 cm³/mol. The van der Waals surface area contributed by atoms with Gasteiger partial charge >= 0.3 is 5.97 Å². The summed E-state index contributed by atoms with van der Waals surface area (Å²) < 4.78 is 5.57. The number of carbonyl (C=O) groups is 2. The van der Waals surface area contributed by atoms with Gasteiger partial charge in [0.05, 0.1) is 12.2 Å². The minimum absolute atomic E-state index is 0.0588. The summed E-state index contributed by atoms with van der Waals surface area (Å²) in [6, 6.07) is 7.03. The Morgan fingerprint density at radius 1 is 1.39 bits per heavy atom. The Labute approximate surface area is 136 Å². The number of aliphatic carboxylic acids is 1. The summed E-state index contributed by atoms with van der Waals surface area (Å²) in [6.07, 6.45) is 1.94. The van der Waals surface area contributed by atoms with E-state index in [2.05, 4.69) is 12.2 Å². The van der Waals surface area contributed by atoms with Gasteiger partial charge in [-0.05, 0) is 25.0 Å². The van der Waals surface area contributed by atoms with Crippen molar-refractivity contribution in [3.8, 4) is 0 Å². The summed E-state index contributed by atoms with van der Waals surface area (Å²) in [4.78, 5) is 25.2. The molecule has 0 aromatic heterocycles. The molecular weight excluding hydrogens is 296 g/mol. The van der Waals surface area contributed by atoms with E-state index in [1.165, 1.54) is 0 Å². The van der Waals surface area contributed by atoms with E-state index in [0.29, 0.717) is 36.9 Å². The Bertz CT molecular complexity index is 547. The molecule has 2 rings (SSSR count). The van der Waals surface area contributed by atoms with Crippen molar-refractivity contribution >= 4 is 17.6 Å². The zero-order chi connectivity index (χ0) is 16.7. The number of hydrogen-bond acceptors (Lipinski definition) is 4. The quantitative estimate of drug-likeness (QED) is 0.717. The topological polar surface area (TPSA) is 78.9 Å². The highest BCUT2D eigenvalue weighted by atomic mass is 16.5. The minimum Gasteiger partial charge on any atom is -0.480 e. The number of hydrogen-bond donors (Lipinski definition) is 2. The minimum atomic E-state index is -0.957. The highest BCUT2D eigenvalue weighted by Crippen LogP contribution is 2.22. The van der Waals surface area contributed by atoms with E-state index in [0.717, 1.165) is 19.4 Å². The summed E-state index contributed by atoms with van der Waals surface area (Å²) in [7, 11) is 0. The Morgan fingerprint density at radius 2 is 2.17 bits per heavy atom. The average molecular weight is 320 g/mol. The van der Waals surface area contributed by atoms with Crippen LogP contribution in [0.4, 0.5) is 5.69 Å². The van der Waals surface area contributed by atoms with Crippen molar-refractivity contribution in [2.24, 2.45) is 5.92 Å². The Morgan fingerprint density at radius 3 is 2.91 bits per heavy atom. The van der Waals surface area contributed by atoms with Crippen LogP contribution in [0, 0.1) is 5.92 Å². The number of nitrogens with zero attached hydrogens (tertiary/aromatic N) is 1. The lowest BCUT2D eigenvalue weighted by atomic mass is 10.1. The van der Waals surface area contributed by atoms with Crippen molar-refractivity contribution in [3.63, 3.8) is 0 Å². The van der Waals surface area contributed by atoms with Gasteiger partial charge in [-0.1, -0.05) is 19.1 Å². The maximum Gasteiger partial charge on any atom is 0.322 e. The first-order chi connectivity index (χ1) is 11.1. The highest BCUT2D eigenvalue weighted by molar-refractivity contribution is 6.00. The molecule has 1 fully saturated rings. The largest absolute Gasteiger partial charge is 0.480 e. The van der Waals surface area contributed by atoms with Crippen LogP contribution >= 0.6 is 0 Å². The zero-order valence-electron chi connectivity index (χ0n) is 13.5. The molecule has 6 nitrogen and oxygen atoms in total. The van der Waals surface area contributed by atoms with Crippen molar-refractivity contribution in [3.05, 3.63) is 29.8 Å². The number of anilines is 1. The molecule has 23 heavy (non-hydrogen) atoms. The number of ether oxygens (including phenoxy) is 1. The second-order valence-electron chi connectivity index (χ2n) is 5.77. The summed E-state index contributed by atoms with van der Waals surface area (Å²) in [5.41, 5.74) is 1.08. The third kappa shape index (κ3) is 4.96. The van der Waals surface area contributed by atoms with E-state index in [1.54, 1.807) is 24.3 Å². The van der Waals surface area contributed by atoms with Crippen molar-refractivity contribution in [1.29, 1.82) is 0 Å². The summed E-state index contributed by atoms with van der Waals surface area (Å²) >= 11 is 0. The van der Waals surface area contributed by atoms with Crippen LogP contribution in [0.3, 0.4) is 0 Å². The molecule has 1 atom stereocenters. The van der Waals surface area contributed by atoms with Gasteiger partial charge in [-0.3, -0.25) is 9.59 Å². The Balaban J connectivity index is 1.97. The molecule has 1 aliphatic rings. The number of carboxylic acid groups (broad SMARTS) is 1. The molecule has 1 aliphatic heterocycles. The normalized spacial score (nSPS) is 17.3. The van der Waals surface area contributed by atoms with E-state index >= 15 is 0 Å². The maximum atomic E-state index is 12.7. The van der Waals surface area contributed by atoms with Gasteiger partial charge in [0.1, 0.15) is 6.54 Å². The molecule has 0 spiro atoms. The van der Waals surface area contributed by atoms with Gasteiger partial charge < -0.3 is 20.1 Å². The van der Waals surface area contributed by atoms with E-state index < -0.39 is 5.97 Å². The number of benzene rings is 1. The summed E-state index contributed by atoms with van der Waals surface area (Å²) in [5, 5.41) is 11.6. The fraction of sp³-hybridized carbons (Fsp3) is 0.529. The lowest BCUT2D eigenvalue weighted by Crippen LogP contribution is -2.30. The van der Waals surface area contributed by atoms with Crippen LogP contribution in [-0.2, 0) is 9.53 Å². The number of carbonyl (C=O) groups excluding carboxylic acids is 1. The number of rotatable bonds is 8. The second-order valence-corrected chi connectivity index (χ2v) is 5.77. The lowest BCUT2D eigenvalue weighted by molar-refractivity contribution is -0.134. The first kappa shape index (κ1) is 17.3. The molecule has 1 amide bonds. The number of carboxylic acids is 1. The van der Waals surface area contributed by atoms with E-state index in [1.807, 2.05) is 4.90 Å².